The molecule has 25 heavy (non-hydrogen) atoms. The van der Waals surface area contributed by atoms with Gasteiger partial charge in [0.25, 0.3) is 0 Å². The first-order valence-corrected chi connectivity index (χ1v) is 11.2. The summed E-state index contributed by atoms with van der Waals surface area (Å²) in [7, 11) is -2.38. The Hall–Kier alpha value is -2.51. The predicted molar refractivity (Wildman–Crippen MR) is 107 cm³/mol. The molecule has 0 atom stereocenters. The normalized spacial score (nSPS) is 11.7. The lowest BCUT2D eigenvalue weighted by molar-refractivity contribution is -0.136. The number of nitrogens with one attached hydrogen (secondary N) is 1. The molecular weight excluding hydrogens is 350 g/mol. The van der Waals surface area contributed by atoms with Gasteiger partial charge in [0, 0.05) is 0 Å². The molecule has 0 heterocycles. The molecular formula is C18H21N3O2SSi. The summed E-state index contributed by atoms with van der Waals surface area (Å²) in [6, 6.07) is 19.3. The highest BCUT2D eigenvalue weighted by atomic mass is 32.1. The van der Waals surface area contributed by atoms with E-state index >= 15 is 0 Å². The fraction of sp³-hybridized carbons (Fsp3) is 0.167. The van der Waals surface area contributed by atoms with Crippen molar-refractivity contribution in [2.24, 2.45) is 10.8 Å². The number of carbonyl (C=O) groups excluding carboxylic acids is 1. The van der Waals surface area contributed by atoms with Gasteiger partial charge in [-0.2, -0.15) is 5.10 Å². The summed E-state index contributed by atoms with van der Waals surface area (Å²) in [5, 5.41) is 5.58. The molecule has 0 bridgehead atoms. The summed E-state index contributed by atoms with van der Waals surface area (Å²) in [6.45, 7) is 4.25. The number of nitrogens with zero attached hydrogens (tertiary/aromatic N) is 1. The van der Waals surface area contributed by atoms with Crippen LogP contribution in [0.25, 0.3) is 0 Å². The number of esters is 1. The first-order valence-electron chi connectivity index (χ1n) is 7.81. The number of thiocarbonyl (C=S) groups is 1. The monoisotopic (exact) mass is 371 g/mol. The van der Waals surface area contributed by atoms with E-state index in [4.69, 9.17) is 22.7 Å². The first kappa shape index (κ1) is 18.8. The lowest BCUT2D eigenvalue weighted by Crippen LogP contribution is -2.54. The van der Waals surface area contributed by atoms with Crippen LogP contribution in [0.3, 0.4) is 0 Å². The average Bonchev–Trinajstić information content (AvgIpc) is 2.61. The summed E-state index contributed by atoms with van der Waals surface area (Å²) >= 11 is 4.80. The summed E-state index contributed by atoms with van der Waals surface area (Å²) in [4.78, 5) is 12.7. The maximum Gasteiger partial charge on any atom is 0.350 e. The van der Waals surface area contributed by atoms with Crippen LogP contribution in [0.1, 0.15) is 5.56 Å². The second-order valence-electron chi connectivity index (χ2n) is 5.99. The van der Waals surface area contributed by atoms with E-state index in [1.54, 1.807) is 0 Å². The van der Waals surface area contributed by atoms with Crippen LogP contribution in [0.5, 0.6) is 0 Å². The van der Waals surface area contributed by atoms with E-state index in [1.165, 1.54) is 0 Å². The van der Waals surface area contributed by atoms with Gasteiger partial charge in [-0.25, -0.2) is 4.79 Å². The van der Waals surface area contributed by atoms with Gasteiger partial charge in [0.1, 0.15) is 20.0 Å². The third-order valence-corrected chi connectivity index (χ3v) is 7.14. The minimum absolute atomic E-state index is 0.00576. The van der Waals surface area contributed by atoms with Gasteiger partial charge in [0.2, 0.25) is 0 Å². The number of hydrazone groups is 1. The largest absolute Gasteiger partial charge is 0.457 e. The molecule has 7 heteroatoms. The number of benzene rings is 2. The van der Waals surface area contributed by atoms with Crippen molar-refractivity contribution in [2.45, 2.75) is 19.7 Å². The predicted octanol–water partition coefficient (Wildman–Crippen LogP) is 2.07. The molecule has 0 saturated carbocycles. The Kier molecular flexibility index (Phi) is 6.43. The average molecular weight is 372 g/mol. The SMILES string of the molecule is C[Si](C)(/C(=N\NC(N)=S)C(=O)OCc1ccccc1)c1ccccc1. The van der Waals surface area contributed by atoms with E-state index in [1.807, 2.05) is 73.8 Å². The fourth-order valence-corrected chi connectivity index (χ4v) is 4.60. The molecule has 0 aliphatic rings. The first-order chi connectivity index (χ1) is 11.9. The number of hydrogen-bond acceptors (Lipinski definition) is 4. The molecule has 2 aromatic carbocycles. The molecule has 0 aromatic heterocycles. The van der Waals surface area contributed by atoms with Crippen molar-refractivity contribution in [3.8, 4) is 0 Å². The zero-order valence-corrected chi connectivity index (χ0v) is 16.0. The summed E-state index contributed by atoms with van der Waals surface area (Å²) in [5.41, 5.74) is 8.91. The smallest absolute Gasteiger partial charge is 0.350 e. The Bertz CT molecular complexity index is 764. The van der Waals surface area contributed by atoms with E-state index in [0.717, 1.165) is 10.8 Å². The topological polar surface area (TPSA) is 76.7 Å². The molecule has 130 valence electrons. The molecule has 0 aliphatic heterocycles. The van der Waals surface area contributed by atoms with Crippen molar-refractivity contribution in [1.82, 2.24) is 5.43 Å². The zero-order valence-electron chi connectivity index (χ0n) is 14.2. The van der Waals surface area contributed by atoms with Crippen molar-refractivity contribution in [1.29, 1.82) is 0 Å². The molecule has 0 aliphatic carbocycles. The third-order valence-electron chi connectivity index (χ3n) is 3.77. The second kappa shape index (κ2) is 8.54. The van der Waals surface area contributed by atoms with Crippen molar-refractivity contribution < 1.29 is 9.53 Å². The zero-order chi connectivity index (χ0) is 18.3. The molecule has 0 radical (unpaired) electrons. The van der Waals surface area contributed by atoms with E-state index in [-0.39, 0.29) is 11.7 Å². The standard InChI is InChI=1S/C18H21N3O2SSi/c1-25(2,15-11-7-4-8-12-15)16(20-21-18(19)24)17(22)23-13-14-9-5-3-6-10-14/h3-12H,13H2,1-2H3,(H3,19,21,24)/b20-16-. The molecule has 2 aromatic rings. The molecule has 0 spiro atoms. The van der Waals surface area contributed by atoms with Gasteiger partial charge >= 0.3 is 5.97 Å². The molecule has 0 unspecified atom stereocenters. The highest BCUT2D eigenvalue weighted by Gasteiger charge is 2.36. The van der Waals surface area contributed by atoms with E-state index in [0.29, 0.717) is 5.33 Å². The van der Waals surface area contributed by atoms with Crippen molar-refractivity contribution in [2.75, 3.05) is 0 Å². The van der Waals surface area contributed by atoms with Gasteiger partial charge in [0.05, 0.1) is 0 Å². The summed E-state index contributed by atoms with van der Waals surface area (Å²) in [5.74, 6) is -0.465. The molecule has 0 fully saturated rings. The maximum absolute atomic E-state index is 12.7. The molecule has 5 nitrogen and oxygen atoms in total. The van der Waals surface area contributed by atoms with Gasteiger partial charge < -0.3 is 10.5 Å². The van der Waals surface area contributed by atoms with Crippen LogP contribution in [0.15, 0.2) is 65.8 Å². The van der Waals surface area contributed by atoms with Crippen LogP contribution in [-0.2, 0) is 16.1 Å². The van der Waals surface area contributed by atoms with Gasteiger partial charge in [-0.3, -0.25) is 5.43 Å². The lowest BCUT2D eigenvalue weighted by atomic mass is 10.2. The van der Waals surface area contributed by atoms with Crippen LogP contribution in [-0.4, -0.2) is 24.5 Å². The second-order valence-corrected chi connectivity index (χ2v) is 10.7. The number of carbonyl (C=O) groups is 1. The van der Waals surface area contributed by atoms with Crippen LogP contribution < -0.4 is 16.3 Å². The number of rotatable bonds is 6. The minimum Gasteiger partial charge on any atom is -0.457 e. The Morgan fingerprint density at radius 1 is 1.12 bits per heavy atom. The van der Waals surface area contributed by atoms with Crippen LogP contribution in [0.4, 0.5) is 0 Å². The van der Waals surface area contributed by atoms with Crippen LogP contribution >= 0.6 is 12.2 Å². The molecule has 0 saturated heterocycles. The third kappa shape index (κ3) is 5.23. The van der Waals surface area contributed by atoms with Gasteiger partial charge in [-0.1, -0.05) is 78.9 Å². The van der Waals surface area contributed by atoms with E-state index in [2.05, 4.69) is 10.5 Å². The Morgan fingerprint density at radius 3 is 2.24 bits per heavy atom. The highest BCUT2D eigenvalue weighted by molar-refractivity contribution is 7.80. The van der Waals surface area contributed by atoms with Crippen LogP contribution in [0, 0.1) is 0 Å². The van der Waals surface area contributed by atoms with E-state index in [9.17, 15) is 4.79 Å². The van der Waals surface area contributed by atoms with Crippen molar-refractivity contribution in [3.63, 3.8) is 0 Å². The Morgan fingerprint density at radius 2 is 1.68 bits per heavy atom. The quantitative estimate of drug-likeness (QED) is 0.267. The van der Waals surface area contributed by atoms with E-state index < -0.39 is 14.0 Å². The van der Waals surface area contributed by atoms with Crippen molar-refractivity contribution >= 4 is 41.9 Å². The molecule has 0 amide bonds. The van der Waals surface area contributed by atoms with Crippen molar-refractivity contribution in [3.05, 3.63) is 66.2 Å². The number of ether oxygens (including phenoxy) is 1. The lowest BCUT2D eigenvalue weighted by Gasteiger charge is -2.23. The Balaban J connectivity index is 2.24. The summed E-state index contributed by atoms with van der Waals surface area (Å²) < 4.78 is 5.47. The molecule has 2 rings (SSSR count). The summed E-state index contributed by atoms with van der Waals surface area (Å²) in [6.07, 6.45) is 0. The number of hydrogen-bond donors (Lipinski definition) is 2. The van der Waals surface area contributed by atoms with Gasteiger partial charge in [0.15, 0.2) is 5.11 Å². The minimum atomic E-state index is -2.38. The highest BCUT2D eigenvalue weighted by Crippen LogP contribution is 2.10. The van der Waals surface area contributed by atoms with Gasteiger partial charge in [-0.05, 0) is 17.8 Å². The molecule has 3 N–H and O–H groups in total. The maximum atomic E-state index is 12.7. The number of nitrogens with two attached hydrogens (primary N) is 1. The fourth-order valence-electron chi connectivity index (χ4n) is 2.33. The van der Waals surface area contributed by atoms with Crippen LogP contribution in [0.2, 0.25) is 13.1 Å². The van der Waals surface area contributed by atoms with Gasteiger partial charge in [-0.15, -0.1) is 0 Å². The Labute approximate surface area is 153 Å².